The molecule has 0 saturated heterocycles. The second kappa shape index (κ2) is 6.04. The second-order valence-electron chi connectivity index (χ2n) is 4.20. The Labute approximate surface area is 119 Å². The highest BCUT2D eigenvalue weighted by atomic mass is 79.9. The van der Waals surface area contributed by atoms with Gasteiger partial charge in [0, 0.05) is 22.6 Å². The van der Waals surface area contributed by atoms with E-state index >= 15 is 0 Å². The van der Waals surface area contributed by atoms with Crippen LogP contribution < -0.4 is 5.32 Å². The summed E-state index contributed by atoms with van der Waals surface area (Å²) in [5.41, 5.74) is 1.77. The monoisotopic (exact) mass is 323 g/mol. The molecule has 0 aliphatic carbocycles. The molecule has 0 amide bonds. The fraction of sp³-hybridized carbons (Fsp3) is 0.214. The van der Waals surface area contributed by atoms with E-state index in [4.69, 9.17) is 9.52 Å². The summed E-state index contributed by atoms with van der Waals surface area (Å²) in [5, 5.41) is 12.2. The molecule has 0 aliphatic heterocycles. The van der Waals surface area contributed by atoms with Crippen molar-refractivity contribution < 1.29 is 14.3 Å². The van der Waals surface area contributed by atoms with Gasteiger partial charge >= 0.3 is 5.97 Å². The van der Waals surface area contributed by atoms with Crippen LogP contribution in [-0.4, -0.2) is 11.1 Å². The molecule has 1 aromatic carbocycles. The Morgan fingerprint density at radius 1 is 1.42 bits per heavy atom. The van der Waals surface area contributed by atoms with Gasteiger partial charge in [0.25, 0.3) is 0 Å². The van der Waals surface area contributed by atoms with Crippen LogP contribution in [0.4, 0.5) is 0 Å². The van der Waals surface area contributed by atoms with Gasteiger partial charge in [-0.05, 0) is 24.6 Å². The van der Waals surface area contributed by atoms with Crippen molar-refractivity contribution in [3.63, 3.8) is 0 Å². The molecule has 2 rings (SSSR count). The van der Waals surface area contributed by atoms with E-state index in [1.807, 2.05) is 31.2 Å². The van der Waals surface area contributed by atoms with Crippen LogP contribution in [0.3, 0.4) is 0 Å². The number of nitrogens with one attached hydrogen (secondary N) is 1. The smallest absolute Gasteiger partial charge is 0.372 e. The van der Waals surface area contributed by atoms with E-state index < -0.39 is 5.97 Å². The van der Waals surface area contributed by atoms with E-state index in [-0.39, 0.29) is 11.8 Å². The maximum atomic E-state index is 10.9. The lowest BCUT2D eigenvalue weighted by atomic mass is 10.1. The Balaban J connectivity index is 2.05. The number of aromatic carboxylic acids is 1. The van der Waals surface area contributed by atoms with Gasteiger partial charge in [0.05, 0.1) is 6.26 Å². The fourth-order valence-electron chi connectivity index (χ4n) is 1.86. The van der Waals surface area contributed by atoms with E-state index in [0.29, 0.717) is 12.1 Å². The molecular weight excluding hydrogens is 310 g/mol. The number of carboxylic acids is 1. The van der Waals surface area contributed by atoms with Crippen LogP contribution in [-0.2, 0) is 6.54 Å². The second-order valence-corrected chi connectivity index (χ2v) is 5.06. The third kappa shape index (κ3) is 3.24. The van der Waals surface area contributed by atoms with E-state index in [9.17, 15) is 4.79 Å². The van der Waals surface area contributed by atoms with Gasteiger partial charge in [-0.3, -0.25) is 0 Å². The van der Waals surface area contributed by atoms with Crippen LogP contribution in [0.15, 0.2) is 45.5 Å². The molecule has 4 nitrogen and oxygen atoms in total. The molecule has 1 atom stereocenters. The normalized spacial score (nSPS) is 12.3. The molecule has 0 fully saturated rings. The van der Waals surface area contributed by atoms with E-state index in [0.717, 1.165) is 10.0 Å². The van der Waals surface area contributed by atoms with Crippen molar-refractivity contribution in [2.45, 2.75) is 19.5 Å². The van der Waals surface area contributed by atoms with Crippen LogP contribution in [0.2, 0.25) is 0 Å². The molecule has 0 saturated carbocycles. The molecule has 100 valence electrons. The zero-order valence-electron chi connectivity index (χ0n) is 10.4. The zero-order valence-corrected chi connectivity index (χ0v) is 12.0. The minimum atomic E-state index is -1.05. The molecule has 0 radical (unpaired) electrons. The molecular formula is C14H14BrNO3. The highest BCUT2D eigenvalue weighted by Gasteiger charge is 2.15. The number of rotatable bonds is 5. The van der Waals surface area contributed by atoms with Crippen molar-refractivity contribution >= 4 is 21.9 Å². The first-order valence-electron chi connectivity index (χ1n) is 5.87. The molecule has 5 heteroatoms. The Bertz CT molecular complexity index is 580. The van der Waals surface area contributed by atoms with Crippen molar-refractivity contribution in [2.24, 2.45) is 0 Å². The first-order chi connectivity index (χ1) is 9.09. The number of benzene rings is 1. The van der Waals surface area contributed by atoms with Crippen LogP contribution in [0.5, 0.6) is 0 Å². The third-order valence-electron chi connectivity index (χ3n) is 2.91. The van der Waals surface area contributed by atoms with Crippen molar-refractivity contribution in [3.8, 4) is 0 Å². The Morgan fingerprint density at radius 3 is 2.84 bits per heavy atom. The lowest BCUT2D eigenvalue weighted by Gasteiger charge is -2.15. The molecule has 2 N–H and O–H groups in total. The van der Waals surface area contributed by atoms with Gasteiger partial charge in [-0.1, -0.05) is 34.1 Å². The number of halogens is 1. The summed E-state index contributed by atoms with van der Waals surface area (Å²) >= 11 is 3.50. The van der Waals surface area contributed by atoms with Crippen molar-refractivity contribution in [2.75, 3.05) is 0 Å². The van der Waals surface area contributed by atoms with Crippen LogP contribution in [0.1, 0.15) is 34.6 Å². The maximum absolute atomic E-state index is 10.9. The first-order valence-corrected chi connectivity index (χ1v) is 6.66. The van der Waals surface area contributed by atoms with E-state index in [2.05, 4.69) is 21.2 Å². The summed E-state index contributed by atoms with van der Waals surface area (Å²) in [5.74, 6) is -1.05. The maximum Gasteiger partial charge on any atom is 0.372 e. The summed E-state index contributed by atoms with van der Waals surface area (Å²) in [6, 6.07) is 9.71. The molecule has 0 aliphatic rings. The van der Waals surface area contributed by atoms with E-state index in [1.54, 1.807) is 6.07 Å². The Kier molecular flexibility index (Phi) is 4.39. The van der Waals surface area contributed by atoms with Gasteiger partial charge in [0.2, 0.25) is 5.76 Å². The standard InChI is InChI=1S/C14H14BrNO3/c1-9(11-4-2-3-5-12(11)15)16-8-10-6-7-19-13(10)14(17)18/h2-7,9,16H,8H2,1H3,(H,17,18)/t9-/m0/s1. The molecule has 1 aromatic heterocycles. The summed E-state index contributed by atoms with van der Waals surface area (Å²) < 4.78 is 5.97. The van der Waals surface area contributed by atoms with Gasteiger partial charge in [0.15, 0.2) is 0 Å². The first kappa shape index (κ1) is 13.8. The van der Waals surface area contributed by atoms with Crippen molar-refractivity contribution in [1.29, 1.82) is 0 Å². The predicted octanol–water partition coefficient (Wildman–Crippen LogP) is 3.59. The molecule has 1 heterocycles. The summed E-state index contributed by atoms with van der Waals surface area (Å²) in [4.78, 5) is 10.9. The summed E-state index contributed by atoms with van der Waals surface area (Å²) in [6.07, 6.45) is 1.39. The SMILES string of the molecule is C[C@H](NCc1ccoc1C(=O)O)c1ccccc1Br. The van der Waals surface area contributed by atoms with Crippen LogP contribution in [0.25, 0.3) is 0 Å². The topological polar surface area (TPSA) is 62.5 Å². The largest absolute Gasteiger partial charge is 0.475 e. The number of carbonyl (C=O) groups is 1. The Hall–Kier alpha value is -1.59. The van der Waals surface area contributed by atoms with Gasteiger partial charge in [-0.15, -0.1) is 0 Å². The zero-order chi connectivity index (χ0) is 13.8. The van der Waals surface area contributed by atoms with E-state index in [1.165, 1.54) is 6.26 Å². The molecule has 19 heavy (non-hydrogen) atoms. The number of furan rings is 1. The molecule has 0 unspecified atom stereocenters. The number of hydrogen-bond donors (Lipinski definition) is 2. The summed E-state index contributed by atoms with van der Waals surface area (Å²) in [7, 11) is 0. The fourth-order valence-corrected chi connectivity index (χ4v) is 2.49. The van der Waals surface area contributed by atoms with Crippen molar-refractivity contribution in [3.05, 3.63) is 58.0 Å². The lowest BCUT2D eigenvalue weighted by Crippen LogP contribution is -2.19. The predicted molar refractivity (Wildman–Crippen MR) is 75.1 cm³/mol. The quantitative estimate of drug-likeness (QED) is 0.882. The van der Waals surface area contributed by atoms with Gasteiger partial charge in [-0.25, -0.2) is 4.79 Å². The summed E-state index contributed by atoms with van der Waals surface area (Å²) in [6.45, 7) is 2.47. The van der Waals surface area contributed by atoms with Gasteiger partial charge in [-0.2, -0.15) is 0 Å². The van der Waals surface area contributed by atoms with Gasteiger partial charge in [0.1, 0.15) is 0 Å². The average molecular weight is 324 g/mol. The Morgan fingerprint density at radius 2 is 2.16 bits per heavy atom. The number of hydrogen-bond acceptors (Lipinski definition) is 3. The molecule has 0 bridgehead atoms. The third-order valence-corrected chi connectivity index (χ3v) is 3.63. The molecule has 0 spiro atoms. The minimum Gasteiger partial charge on any atom is -0.475 e. The van der Waals surface area contributed by atoms with Crippen LogP contribution in [0, 0.1) is 0 Å². The van der Waals surface area contributed by atoms with Gasteiger partial charge < -0.3 is 14.8 Å². The van der Waals surface area contributed by atoms with Crippen LogP contribution >= 0.6 is 15.9 Å². The highest BCUT2D eigenvalue weighted by molar-refractivity contribution is 9.10. The lowest BCUT2D eigenvalue weighted by molar-refractivity contribution is 0.0660. The highest BCUT2D eigenvalue weighted by Crippen LogP contribution is 2.23. The average Bonchev–Trinajstić information content (AvgIpc) is 2.85. The van der Waals surface area contributed by atoms with Crippen molar-refractivity contribution in [1.82, 2.24) is 5.32 Å². The number of carboxylic acid groups (broad SMARTS) is 1. The minimum absolute atomic E-state index is 0.00757. The molecule has 2 aromatic rings.